The summed E-state index contributed by atoms with van der Waals surface area (Å²) < 4.78 is 9.32. The smallest absolute Gasteiger partial charge is 0.435 e. The van der Waals surface area contributed by atoms with Crippen molar-refractivity contribution in [3.05, 3.63) is 35.4 Å². The number of hydrogen-bond donors (Lipinski definition) is 2. The van der Waals surface area contributed by atoms with Crippen LogP contribution in [0.1, 0.15) is 55.6 Å². The molecule has 1 aliphatic carbocycles. The van der Waals surface area contributed by atoms with Gasteiger partial charge in [0.25, 0.3) is 0 Å². The summed E-state index contributed by atoms with van der Waals surface area (Å²) in [6.07, 6.45) is 4.15. The molecule has 1 aromatic carbocycles. The molecular weight excluding hydrogens is 412 g/mol. The highest BCUT2D eigenvalue weighted by Gasteiger charge is 2.30. The maximum Gasteiger partial charge on any atom is 0.435 e. The predicted octanol–water partition coefficient (Wildman–Crippen LogP) is 2.78. The summed E-state index contributed by atoms with van der Waals surface area (Å²) in [5, 5.41) is 3.13. The van der Waals surface area contributed by atoms with Crippen molar-refractivity contribution >= 4 is 23.9 Å². The fourth-order valence-electron chi connectivity index (χ4n) is 4.46. The number of nitrogens with two attached hydrogens (primary N) is 1. The largest absolute Gasteiger partial charge is 0.469 e. The van der Waals surface area contributed by atoms with Crippen LogP contribution in [0.4, 0.5) is 9.59 Å². The molecule has 9 nitrogen and oxygen atoms in total. The van der Waals surface area contributed by atoms with E-state index in [4.69, 9.17) is 10.5 Å². The van der Waals surface area contributed by atoms with Gasteiger partial charge in [0.1, 0.15) is 5.84 Å². The average Bonchev–Trinajstić information content (AvgIpc) is 2.84. The number of amidine groups is 1. The first-order chi connectivity index (χ1) is 15.4. The number of amides is 3. The van der Waals surface area contributed by atoms with Gasteiger partial charge in [-0.2, -0.15) is 4.99 Å². The minimum atomic E-state index is -0.728. The van der Waals surface area contributed by atoms with Gasteiger partial charge >= 0.3 is 18.1 Å². The lowest BCUT2D eigenvalue weighted by molar-refractivity contribution is -0.146. The van der Waals surface area contributed by atoms with Crippen LogP contribution in [-0.2, 0) is 14.3 Å². The third-order valence-electron chi connectivity index (χ3n) is 6.44. The summed E-state index contributed by atoms with van der Waals surface area (Å²) >= 11 is 0. The monoisotopic (exact) mass is 444 g/mol. The molecule has 2 fully saturated rings. The van der Waals surface area contributed by atoms with E-state index in [2.05, 4.69) is 15.0 Å². The van der Waals surface area contributed by atoms with Crippen molar-refractivity contribution in [2.24, 2.45) is 16.6 Å². The Morgan fingerprint density at radius 2 is 1.59 bits per heavy atom. The lowest BCUT2D eigenvalue weighted by atomic mass is 9.86. The fraction of sp³-hybridized carbons (Fsp3) is 0.565. The Balaban J connectivity index is 1.46. The van der Waals surface area contributed by atoms with Gasteiger partial charge in [0.15, 0.2) is 0 Å². The van der Waals surface area contributed by atoms with Crippen molar-refractivity contribution < 1.29 is 23.9 Å². The lowest BCUT2D eigenvalue weighted by Gasteiger charge is -2.34. The van der Waals surface area contributed by atoms with E-state index < -0.39 is 6.09 Å². The van der Waals surface area contributed by atoms with Crippen LogP contribution in [0.5, 0.6) is 0 Å². The molecule has 0 unspecified atom stereocenters. The van der Waals surface area contributed by atoms with Crippen LogP contribution in [0, 0.1) is 5.92 Å². The Labute approximate surface area is 188 Å². The molecular formula is C23H32N4O5. The number of methoxy groups -OCH3 is 2. The number of benzene rings is 1. The van der Waals surface area contributed by atoms with Crippen molar-refractivity contribution in [1.82, 2.24) is 10.2 Å². The number of hydrogen-bond acceptors (Lipinski definition) is 5. The van der Waals surface area contributed by atoms with Gasteiger partial charge < -0.3 is 25.4 Å². The molecule has 0 spiro atoms. The highest BCUT2D eigenvalue weighted by Crippen LogP contribution is 2.29. The summed E-state index contributed by atoms with van der Waals surface area (Å²) in [5.74, 6) is 0.290. The summed E-state index contributed by atoms with van der Waals surface area (Å²) in [6.45, 7) is 1.39. The molecule has 1 saturated heterocycles. The number of ether oxygens (including phenoxy) is 2. The second-order valence-corrected chi connectivity index (χ2v) is 8.37. The molecule has 174 valence electrons. The number of nitrogens with zero attached hydrogens (tertiary/aromatic N) is 2. The van der Waals surface area contributed by atoms with Gasteiger partial charge in [-0.1, -0.05) is 24.3 Å². The van der Waals surface area contributed by atoms with E-state index in [-0.39, 0.29) is 29.8 Å². The summed E-state index contributed by atoms with van der Waals surface area (Å²) in [6, 6.07) is 7.78. The Hall–Kier alpha value is -3.10. The molecule has 1 saturated carbocycles. The number of aliphatic imine (C=N–C) groups is 1. The van der Waals surface area contributed by atoms with Gasteiger partial charge in [0.05, 0.1) is 20.1 Å². The molecule has 0 bridgehead atoms. The molecule has 1 aromatic rings. The van der Waals surface area contributed by atoms with E-state index in [9.17, 15) is 14.4 Å². The van der Waals surface area contributed by atoms with Crippen molar-refractivity contribution in [2.45, 2.75) is 50.5 Å². The van der Waals surface area contributed by atoms with E-state index in [1.54, 1.807) is 0 Å². The average molecular weight is 445 g/mol. The zero-order valence-corrected chi connectivity index (χ0v) is 18.7. The molecule has 9 heteroatoms. The third kappa shape index (κ3) is 5.99. The summed E-state index contributed by atoms with van der Waals surface area (Å²) in [4.78, 5) is 41.1. The number of carbonyl (C=O) groups is 3. The molecule has 1 aliphatic heterocycles. The maximum atomic E-state index is 12.7. The minimum absolute atomic E-state index is 0.0212. The van der Waals surface area contributed by atoms with Crippen molar-refractivity contribution in [3.8, 4) is 0 Å². The van der Waals surface area contributed by atoms with E-state index in [1.165, 1.54) is 19.8 Å². The number of likely N-dealkylation sites (tertiary alicyclic amines) is 1. The molecule has 3 rings (SSSR count). The van der Waals surface area contributed by atoms with Crippen LogP contribution < -0.4 is 11.1 Å². The van der Waals surface area contributed by atoms with E-state index in [0.29, 0.717) is 24.6 Å². The van der Waals surface area contributed by atoms with Gasteiger partial charge in [0, 0.05) is 24.7 Å². The number of carbonyl (C=O) groups excluding carboxylic acids is 3. The second-order valence-electron chi connectivity index (χ2n) is 8.37. The Bertz CT molecular complexity index is 838. The van der Waals surface area contributed by atoms with Gasteiger partial charge in [-0.25, -0.2) is 9.59 Å². The maximum absolute atomic E-state index is 12.7. The van der Waals surface area contributed by atoms with Crippen molar-refractivity contribution in [3.63, 3.8) is 0 Å². The minimum Gasteiger partial charge on any atom is -0.469 e. The summed E-state index contributed by atoms with van der Waals surface area (Å²) in [7, 11) is 2.67. The number of nitrogens with one attached hydrogen (secondary N) is 1. The Morgan fingerprint density at radius 1 is 0.969 bits per heavy atom. The lowest BCUT2D eigenvalue weighted by Crippen LogP contribution is -2.48. The second kappa shape index (κ2) is 11.0. The van der Waals surface area contributed by atoms with Crippen LogP contribution in [0.25, 0.3) is 0 Å². The molecule has 32 heavy (non-hydrogen) atoms. The van der Waals surface area contributed by atoms with E-state index >= 15 is 0 Å². The van der Waals surface area contributed by atoms with Crippen LogP contribution in [0.3, 0.4) is 0 Å². The van der Waals surface area contributed by atoms with Gasteiger partial charge in [-0.3, -0.25) is 4.79 Å². The Morgan fingerprint density at radius 3 is 2.16 bits per heavy atom. The molecule has 0 atom stereocenters. The molecule has 0 aromatic heterocycles. The highest BCUT2D eigenvalue weighted by molar-refractivity contribution is 6.02. The number of urea groups is 1. The van der Waals surface area contributed by atoms with Gasteiger partial charge in [-0.15, -0.1) is 0 Å². The number of rotatable bonds is 4. The molecule has 0 radical (unpaired) electrons. The standard InChI is InChI=1S/C23H32N4O5/c1-31-21(28)18-7-9-19(10-8-18)25-22(29)27-13-11-16(12-14-27)15-3-5-17(6-4-15)20(24)26-23(30)32-2/h3-6,16,18-19H,7-14H2,1-2H3,(H,25,29)(H2,24,26,30). The Kier molecular flexibility index (Phi) is 8.08. The van der Waals surface area contributed by atoms with Crippen LogP contribution in [-0.4, -0.2) is 62.2 Å². The van der Waals surface area contributed by atoms with Gasteiger partial charge in [-0.05, 0) is 50.0 Å². The normalized spacial score (nSPS) is 22.2. The first-order valence-corrected chi connectivity index (χ1v) is 11.1. The first-order valence-electron chi connectivity index (χ1n) is 11.1. The third-order valence-corrected chi connectivity index (χ3v) is 6.44. The summed E-state index contributed by atoms with van der Waals surface area (Å²) in [5.41, 5.74) is 7.68. The van der Waals surface area contributed by atoms with E-state index in [0.717, 1.165) is 38.5 Å². The number of piperidine rings is 1. The SMILES string of the molecule is COC(=O)N=C(N)c1ccc(C2CCN(C(=O)NC3CCC(C(=O)OC)CC3)CC2)cc1. The van der Waals surface area contributed by atoms with Crippen LogP contribution in [0.2, 0.25) is 0 Å². The van der Waals surface area contributed by atoms with Crippen molar-refractivity contribution in [1.29, 1.82) is 0 Å². The van der Waals surface area contributed by atoms with Crippen LogP contribution >= 0.6 is 0 Å². The zero-order chi connectivity index (χ0) is 23.1. The molecule has 3 N–H and O–H groups in total. The first kappa shape index (κ1) is 23.6. The molecule has 1 heterocycles. The van der Waals surface area contributed by atoms with Crippen LogP contribution in [0.15, 0.2) is 29.3 Å². The van der Waals surface area contributed by atoms with E-state index in [1.807, 2.05) is 29.2 Å². The fourth-order valence-corrected chi connectivity index (χ4v) is 4.46. The molecule has 2 aliphatic rings. The zero-order valence-electron chi connectivity index (χ0n) is 18.7. The quantitative estimate of drug-likeness (QED) is 0.418. The predicted molar refractivity (Wildman–Crippen MR) is 119 cm³/mol. The highest BCUT2D eigenvalue weighted by atomic mass is 16.5. The number of esters is 1. The van der Waals surface area contributed by atoms with Gasteiger partial charge in [0.2, 0.25) is 0 Å². The topological polar surface area (TPSA) is 123 Å². The van der Waals surface area contributed by atoms with Crippen molar-refractivity contribution in [2.75, 3.05) is 27.3 Å². The molecule has 3 amide bonds.